The molecule has 1 aromatic heterocycles. The third kappa shape index (κ3) is 5.33. The summed E-state index contributed by atoms with van der Waals surface area (Å²) in [5, 5.41) is 5.88. The largest absolute Gasteiger partial charge is 0.433 e. The minimum Gasteiger partial charge on any atom is -0.368 e. The highest BCUT2D eigenvalue weighted by atomic mass is 19.4. The number of aryl methyl sites for hydroxylation is 1. The second-order valence-corrected chi connectivity index (χ2v) is 4.42. The molecule has 0 aliphatic rings. The summed E-state index contributed by atoms with van der Waals surface area (Å²) < 4.78 is 37.5. The van der Waals surface area contributed by atoms with Crippen molar-refractivity contribution in [2.24, 2.45) is 0 Å². The van der Waals surface area contributed by atoms with Gasteiger partial charge < -0.3 is 10.6 Å². The fraction of sp³-hybridized carbons (Fsp3) is 0.267. The molecule has 118 valence electrons. The summed E-state index contributed by atoms with van der Waals surface area (Å²) >= 11 is 0. The number of allylic oxidation sites excluding steroid dienone is 2. The van der Waals surface area contributed by atoms with Gasteiger partial charge in [-0.25, -0.2) is 4.98 Å². The van der Waals surface area contributed by atoms with Crippen molar-refractivity contribution >= 4 is 0 Å². The van der Waals surface area contributed by atoms with Crippen LogP contribution in [0.4, 0.5) is 13.2 Å². The molecule has 0 saturated carbocycles. The number of nitrogens with zero attached hydrogens (tertiary/aromatic N) is 1. The van der Waals surface area contributed by atoms with E-state index in [1.165, 1.54) is 6.07 Å². The van der Waals surface area contributed by atoms with E-state index in [-0.39, 0.29) is 2.85 Å². The van der Waals surface area contributed by atoms with Crippen molar-refractivity contribution in [1.29, 1.82) is 0 Å². The highest BCUT2D eigenvalue weighted by Gasteiger charge is 2.32. The van der Waals surface area contributed by atoms with E-state index in [0.29, 0.717) is 29.3 Å². The lowest BCUT2D eigenvalue weighted by molar-refractivity contribution is -0.141. The van der Waals surface area contributed by atoms with E-state index >= 15 is 0 Å². The first-order chi connectivity index (χ1) is 9.74. The molecule has 1 heterocycles. The Hall–Kier alpha value is -2.24. The highest BCUT2D eigenvalue weighted by Crippen LogP contribution is 2.28. The summed E-state index contributed by atoms with van der Waals surface area (Å²) in [5.41, 5.74) is 0.777. The summed E-state index contributed by atoms with van der Waals surface area (Å²) in [4.78, 5) is 3.57. The minimum atomic E-state index is -4.42. The van der Waals surface area contributed by atoms with E-state index < -0.39 is 11.9 Å². The van der Waals surface area contributed by atoms with Gasteiger partial charge >= 0.3 is 6.18 Å². The molecular formula is C15H22F3N3. The Balaban J connectivity index is 0. The smallest absolute Gasteiger partial charge is 0.368 e. The maximum atomic E-state index is 12.5. The summed E-state index contributed by atoms with van der Waals surface area (Å²) in [6, 6.07) is 2.38. The predicted octanol–water partition coefficient (Wildman–Crippen LogP) is 4.14. The van der Waals surface area contributed by atoms with Crippen molar-refractivity contribution in [1.82, 2.24) is 15.6 Å². The molecule has 0 amide bonds. The molecule has 0 bridgehead atoms. The Labute approximate surface area is 125 Å². The molecule has 2 N–H and O–H groups in total. The number of aromatic nitrogens is 1. The molecule has 3 nitrogen and oxygen atoms in total. The van der Waals surface area contributed by atoms with Crippen molar-refractivity contribution in [3.8, 4) is 0 Å². The van der Waals surface area contributed by atoms with Crippen LogP contribution in [0.2, 0.25) is 0 Å². The molecule has 0 fully saturated rings. The summed E-state index contributed by atoms with van der Waals surface area (Å²) in [7, 11) is 0. The summed E-state index contributed by atoms with van der Waals surface area (Å²) in [5.74, 6) is 0.511. The lowest BCUT2D eigenvalue weighted by Gasteiger charge is -2.14. The number of hydrogen-bond acceptors (Lipinski definition) is 3. The monoisotopic (exact) mass is 301 g/mol. The van der Waals surface area contributed by atoms with Gasteiger partial charge in [0.25, 0.3) is 0 Å². The average Bonchev–Trinajstić information content (AvgIpc) is 2.36. The van der Waals surface area contributed by atoms with Crippen molar-refractivity contribution in [3.63, 3.8) is 0 Å². The van der Waals surface area contributed by atoms with Gasteiger partial charge in [-0.3, -0.25) is 0 Å². The maximum Gasteiger partial charge on any atom is 0.433 e. The molecule has 0 spiro atoms. The van der Waals surface area contributed by atoms with E-state index in [2.05, 4.69) is 28.8 Å². The van der Waals surface area contributed by atoms with E-state index in [1.807, 2.05) is 13.0 Å². The summed E-state index contributed by atoms with van der Waals surface area (Å²) in [6.07, 6.45) is -0.823. The van der Waals surface area contributed by atoms with Gasteiger partial charge in [-0.05, 0) is 31.6 Å². The molecule has 0 saturated heterocycles. The molecule has 6 heteroatoms. The number of halogens is 3. The van der Waals surface area contributed by atoms with Crippen LogP contribution in [0, 0.1) is 6.92 Å². The molecule has 0 aromatic carbocycles. The zero-order chi connectivity index (χ0) is 16.0. The number of rotatable bonds is 6. The number of hydrogen-bond donors (Lipinski definition) is 2. The van der Waals surface area contributed by atoms with E-state index in [4.69, 9.17) is 0 Å². The molecule has 0 atom stereocenters. The number of nitrogens with one attached hydrogen (secondary N) is 2. The maximum absolute atomic E-state index is 12.5. The topological polar surface area (TPSA) is 37.0 Å². The first-order valence-corrected chi connectivity index (χ1v) is 6.29. The summed E-state index contributed by atoms with van der Waals surface area (Å²) in [6.45, 7) is 11.3. The van der Waals surface area contributed by atoms with Crippen molar-refractivity contribution in [2.75, 3.05) is 0 Å². The molecule has 0 aliphatic heterocycles. The van der Waals surface area contributed by atoms with Crippen LogP contribution in [0.3, 0.4) is 0 Å². The lowest BCUT2D eigenvalue weighted by atomic mass is 10.2. The third-order valence-electron chi connectivity index (χ3n) is 2.66. The van der Waals surface area contributed by atoms with Gasteiger partial charge in [0.15, 0.2) is 0 Å². The predicted molar refractivity (Wildman–Crippen MR) is 81.3 cm³/mol. The van der Waals surface area contributed by atoms with Crippen LogP contribution in [-0.2, 0) is 12.7 Å². The van der Waals surface area contributed by atoms with Gasteiger partial charge in [-0.1, -0.05) is 25.3 Å². The van der Waals surface area contributed by atoms with Crippen LogP contribution >= 0.6 is 0 Å². The van der Waals surface area contributed by atoms with Crippen molar-refractivity contribution < 1.29 is 16.0 Å². The Kier molecular flexibility index (Phi) is 5.58. The zero-order valence-electron chi connectivity index (χ0n) is 12.0. The highest BCUT2D eigenvalue weighted by molar-refractivity contribution is 5.24. The fourth-order valence-electron chi connectivity index (χ4n) is 1.62. The number of alkyl halides is 3. The molecule has 1 aromatic rings. The van der Waals surface area contributed by atoms with Gasteiger partial charge in [0.1, 0.15) is 5.69 Å². The van der Waals surface area contributed by atoms with Crippen LogP contribution in [0.5, 0.6) is 0 Å². The van der Waals surface area contributed by atoms with Gasteiger partial charge in [0.2, 0.25) is 0 Å². The van der Waals surface area contributed by atoms with Crippen LogP contribution < -0.4 is 10.6 Å². The molecule has 0 aliphatic carbocycles. The van der Waals surface area contributed by atoms with Crippen LogP contribution in [0.1, 0.15) is 26.7 Å². The number of pyridine rings is 1. The molecular weight excluding hydrogens is 279 g/mol. The molecule has 21 heavy (non-hydrogen) atoms. The van der Waals surface area contributed by atoms with Crippen LogP contribution in [0.25, 0.3) is 0 Å². The van der Waals surface area contributed by atoms with Crippen LogP contribution in [0.15, 0.2) is 49.0 Å². The SMILES string of the molecule is C=C(/C=C\C)NC(=C)NCc1ccc(C(F)(F)F)nc1C.[HH].[HH]. The standard InChI is InChI=1S/C15H18F3N3.2H2/c1-5-6-10(2)20-12(4)19-9-13-7-8-14(15(16,17)18)21-11(13)3;;/h5-8,19-20H,2,4,9H2,1,3H3;2*1H/b6-5-;;. The van der Waals surface area contributed by atoms with Gasteiger partial charge in [0, 0.05) is 20.8 Å². The Morgan fingerprint density at radius 3 is 2.57 bits per heavy atom. The quantitative estimate of drug-likeness (QED) is 0.775. The zero-order valence-corrected chi connectivity index (χ0v) is 12.0. The lowest BCUT2D eigenvalue weighted by Crippen LogP contribution is -2.24. The Morgan fingerprint density at radius 2 is 2.05 bits per heavy atom. The van der Waals surface area contributed by atoms with E-state index in [1.54, 1.807) is 13.0 Å². The Bertz CT molecular complexity index is 570. The Morgan fingerprint density at radius 1 is 1.38 bits per heavy atom. The minimum absolute atomic E-state index is 0. The van der Waals surface area contributed by atoms with E-state index in [9.17, 15) is 13.2 Å². The molecule has 1 rings (SSSR count). The van der Waals surface area contributed by atoms with Crippen LogP contribution in [-0.4, -0.2) is 4.98 Å². The second-order valence-electron chi connectivity index (χ2n) is 4.42. The fourth-order valence-corrected chi connectivity index (χ4v) is 1.62. The van der Waals surface area contributed by atoms with Gasteiger partial charge in [0.05, 0.1) is 5.82 Å². The first kappa shape index (κ1) is 16.8. The normalized spacial score (nSPS) is 11.5. The van der Waals surface area contributed by atoms with Gasteiger partial charge in [-0.2, -0.15) is 13.2 Å². The third-order valence-corrected chi connectivity index (χ3v) is 2.66. The van der Waals surface area contributed by atoms with E-state index in [0.717, 1.165) is 6.07 Å². The van der Waals surface area contributed by atoms with Crippen molar-refractivity contribution in [2.45, 2.75) is 26.6 Å². The average molecular weight is 301 g/mol. The van der Waals surface area contributed by atoms with Crippen molar-refractivity contribution in [3.05, 3.63) is 65.9 Å². The first-order valence-electron chi connectivity index (χ1n) is 6.29. The van der Waals surface area contributed by atoms with Gasteiger partial charge in [-0.15, -0.1) is 0 Å². The molecule has 0 unspecified atom stereocenters. The molecule has 0 radical (unpaired) electrons. The second kappa shape index (κ2) is 6.97.